The van der Waals surface area contributed by atoms with Gasteiger partial charge in [-0.25, -0.2) is 4.39 Å². The molecule has 1 aromatic rings. The molecule has 0 radical (unpaired) electrons. The van der Waals surface area contributed by atoms with Gasteiger partial charge in [0.1, 0.15) is 5.82 Å². The molecule has 1 amide bonds. The van der Waals surface area contributed by atoms with E-state index in [2.05, 4.69) is 4.90 Å². The van der Waals surface area contributed by atoms with Crippen LogP contribution in [0.5, 0.6) is 0 Å². The van der Waals surface area contributed by atoms with Gasteiger partial charge < -0.3 is 15.5 Å². The van der Waals surface area contributed by atoms with Gasteiger partial charge in [0.2, 0.25) is 0 Å². The molecular formula is C14H20FN3O. The Bertz CT molecular complexity index is 476. The van der Waals surface area contributed by atoms with Gasteiger partial charge in [-0.3, -0.25) is 4.79 Å². The highest BCUT2D eigenvalue weighted by molar-refractivity contribution is 5.99. The zero-order chi connectivity index (χ0) is 14.0. The molecule has 0 bridgehead atoms. The molecule has 1 aliphatic rings. The first-order chi connectivity index (χ1) is 8.99. The van der Waals surface area contributed by atoms with Gasteiger partial charge in [-0.15, -0.1) is 0 Å². The van der Waals surface area contributed by atoms with Crippen LogP contribution in [0.4, 0.5) is 10.1 Å². The molecule has 1 saturated heterocycles. The van der Waals surface area contributed by atoms with Gasteiger partial charge in [0.05, 0.1) is 5.56 Å². The van der Waals surface area contributed by atoms with E-state index in [1.165, 1.54) is 18.2 Å². The third-order valence-corrected chi connectivity index (χ3v) is 3.66. The van der Waals surface area contributed by atoms with E-state index in [4.69, 9.17) is 5.73 Å². The molecular weight excluding hydrogens is 245 g/mol. The Labute approximate surface area is 113 Å². The predicted octanol–water partition coefficient (Wildman–Crippen LogP) is 1.57. The van der Waals surface area contributed by atoms with Gasteiger partial charge in [-0.1, -0.05) is 0 Å². The van der Waals surface area contributed by atoms with Crippen LogP contribution in [0.25, 0.3) is 0 Å². The summed E-state index contributed by atoms with van der Waals surface area (Å²) in [5.41, 5.74) is 6.32. The van der Waals surface area contributed by atoms with Crippen LogP contribution >= 0.6 is 0 Å². The van der Waals surface area contributed by atoms with Crippen molar-refractivity contribution in [1.82, 2.24) is 9.80 Å². The van der Waals surface area contributed by atoms with Gasteiger partial charge >= 0.3 is 0 Å². The van der Waals surface area contributed by atoms with Crippen LogP contribution in [0.2, 0.25) is 0 Å². The summed E-state index contributed by atoms with van der Waals surface area (Å²) in [6, 6.07) is 4.31. The summed E-state index contributed by atoms with van der Waals surface area (Å²) in [6.07, 6.45) is 2.07. The molecule has 0 spiro atoms. The third-order valence-electron chi connectivity index (χ3n) is 3.66. The number of halogens is 1. The van der Waals surface area contributed by atoms with E-state index >= 15 is 0 Å². The number of benzene rings is 1. The Hall–Kier alpha value is -1.62. The Morgan fingerprint density at radius 3 is 2.84 bits per heavy atom. The van der Waals surface area contributed by atoms with E-state index in [9.17, 15) is 9.18 Å². The van der Waals surface area contributed by atoms with Crippen LogP contribution in [-0.4, -0.2) is 48.9 Å². The lowest BCUT2D eigenvalue weighted by Gasteiger charge is -2.36. The highest BCUT2D eigenvalue weighted by Crippen LogP contribution is 2.20. The van der Waals surface area contributed by atoms with E-state index in [-0.39, 0.29) is 11.6 Å². The van der Waals surface area contributed by atoms with Crippen molar-refractivity contribution >= 4 is 11.6 Å². The van der Waals surface area contributed by atoms with Crippen molar-refractivity contribution in [2.24, 2.45) is 0 Å². The van der Waals surface area contributed by atoms with E-state index in [0.717, 1.165) is 19.4 Å². The summed E-state index contributed by atoms with van der Waals surface area (Å²) in [5.74, 6) is -0.525. The van der Waals surface area contributed by atoms with Gasteiger partial charge in [0, 0.05) is 24.8 Å². The third kappa shape index (κ3) is 3.04. The number of rotatable bonds is 2. The Balaban J connectivity index is 2.15. The average Bonchev–Trinajstić information content (AvgIpc) is 2.38. The SMILES string of the molecule is CN(C)C1CCCN(C(=O)c2ccc(F)cc2N)C1. The largest absolute Gasteiger partial charge is 0.398 e. The van der Waals surface area contributed by atoms with E-state index in [1.807, 2.05) is 14.1 Å². The van der Waals surface area contributed by atoms with E-state index in [1.54, 1.807) is 4.90 Å². The number of hydrogen-bond acceptors (Lipinski definition) is 3. The monoisotopic (exact) mass is 265 g/mol. The minimum absolute atomic E-state index is 0.107. The van der Waals surface area contributed by atoms with Crippen LogP contribution in [0, 0.1) is 5.82 Å². The lowest BCUT2D eigenvalue weighted by atomic mass is 10.0. The van der Waals surface area contributed by atoms with Crippen molar-refractivity contribution in [3.63, 3.8) is 0 Å². The number of carbonyl (C=O) groups excluding carboxylic acids is 1. The quantitative estimate of drug-likeness (QED) is 0.826. The lowest BCUT2D eigenvalue weighted by molar-refractivity contribution is 0.0636. The van der Waals surface area contributed by atoms with Crippen molar-refractivity contribution in [3.05, 3.63) is 29.6 Å². The molecule has 1 heterocycles. The van der Waals surface area contributed by atoms with Crippen LogP contribution in [0.15, 0.2) is 18.2 Å². The highest BCUT2D eigenvalue weighted by Gasteiger charge is 2.26. The molecule has 2 rings (SSSR count). The van der Waals surface area contributed by atoms with E-state index < -0.39 is 5.82 Å². The summed E-state index contributed by atoms with van der Waals surface area (Å²) < 4.78 is 13.0. The first-order valence-corrected chi connectivity index (χ1v) is 6.50. The number of likely N-dealkylation sites (N-methyl/N-ethyl adjacent to an activating group) is 1. The molecule has 0 aliphatic carbocycles. The molecule has 0 aromatic heterocycles. The fourth-order valence-corrected chi connectivity index (χ4v) is 2.46. The molecule has 0 saturated carbocycles. The summed E-state index contributed by atoms with van der Waals surface area (Å²) in [7, 11) is 4.04. The van der Waals surface area contributed by atoms with Crippen LogP contribution < -0.4 is 5.73 Å². The molecule has 1 fully saturated rings. The number of nitrogens with two attached hydrogens (primary N) is 1. The second-order valence-corrected chi connectivity index (χ2v) is 5.24. The second-order valence-electron chi connectivity index (χ2n) is 5.24. The van der Waals surface area contributed by atoms with Crippen LogP contribution in [0.3, 0.4) is 0 Å². The minimum Gasteiger partial charge on any atom is -0.398 e. The number of nitrogen functional groups attached to an aromatic ring is 1. The molecule has 1 atom stereocenters. The molecule has 5 heteroatoms. The minimum atomic E-state index is -0.418. The number of hydrogen-bond donors (Lipinski definition) is 1. The number of piperidine rings is 1. The molecule has 2 N–H and O–H groups in total. The number of likely N-dealkylation sites (tertiary alicyclic amines) is 1. The van der Waals surface area contributed by atoms with Crippen LogP contribution in [-0.2, 0) is 0 Å². The van der Waals surface area contributed by atoms with Crippen molar-refractivity contribution in [2.45, 2.75) is 18.9 Å². The summed E-state index contributed by atoms with van der Waals surface area (Å²) in [4.78, 5) is 16.3. The lowest BCUT2D eigenvalue weighted by Crippen LogP contribution is -2.47. The van der Waals surface area contributed by atoms with Gasteiger partial charge in [-0.05, 0) is 45.1 Å². The standard InChI is InChI=1S/C14H20FN3O/c1-17(2)11-4-3-7-18(9-11)14(19)12-6-5-10(15)8-13(12)16/h5-6,8,11H,3-4,7,9,16H2,1-2H3. The Kier molecular flexibility index (Phi) is 4.04. The smallest absolute Gasteiger partial charge is 0.256 e. The topological polar surface area (TPSA) is 49.6 Å². The highest BCUT2D eigenvalue weighted by atomic mass is 19.1. The normalized spacial score (nSPS) is 19.8. The molecule has 19 heavy (non-hydrogen) atoms. The number of nitrogens with zero attached hydrogens (tertiary/aromatic N) is 2. The van der Waals surface area contributed by atoms with Gasteiger partial charge in [-0.2, -0.15) is 0 Å². The Morgan fingerprint density at radius 2 is 2.21 bits per heavy atom. The summed E-state index contributed by atoms with van der Waals surface area (Å²) in [5, 5.41) is 0. The fraction of sp³-hybridized carbons (Fsp3) is 0.500. The molecule has 4 nitrogen and oxygen atoms in total. The summed E-state index contributed by atoms with van der Waals surface area (Å²) in [6.45, 7) is 1.43. The molecule has 1 unspecified atom stereocenters. The fourth-order valence-electron chi connectivity index (χ4n) is 2.46. The maximum Gasteiger partial charge on any atom is 0.256 e. The maximum absolute atomic E-state index is 13.0. The molecule has 1 aliphatic heterocycles. The van der Waals surface area contributed by atoms with E-state index in [0.29, 0.717) is 18.2 Å². The van der Waals surface area contributed by atoms with Crippen molar-refractivity contribution in [1.29, 1.82) is 0 Å². The second kappa shape index (κ2) is 5.57. The first-order valence-electron chi connectivity index (χ1n) is 6.50. The van der Waals surface area contributed by atoms with Gasteiger partial charge in [0.25, 0.3) is 5.91 Å². The number of amides is 1. The predicted molar refractivity (Wildman–Crippen MR) is 73.4 cm³/mol. The summed E-state index contributed by atoms with van der Waals surface area (Å²) >= 11 is 0. The zero-order valence-electron chi connectivity index (χ0n) is 11.4. The van der Waals surface area contributed by atoms with Gasteiger partial charge in [0.15, 0.2) is 0 Å². The Morgan fingerprint density at radius 1 is 1.47 bits per heavy atom. The van der Waals surface area contributed by atoms with Crippen LogP contribution in [0.1, 0.15) is 23.2 Å². The first kappa shape index (κ1) is 13.8. The maximum atomic E-state index is 13.0. The molecule has 104 valence electrons. The zero-order valence-corrected chi connectivity index (χ0v) is 11.4. The van der Waals surface area contributed by atoms with Crippen molar-refractivity contribution in [3.8, 4) is 0 Å². The van der Waals surface area contributed by atoms with Crippen molar-refractivity contribution in [2.75, 3.05) is 32.9 Å². The number of anilines is 1. The molecule has 1 aromatic carbocycles. The van der Waals surface area contributed by atoms with Crippen molar-refractivity contribution < 1.29 is 9.18 Å². The number of carbonyl (C=O) groups is 1. The average molecular weight is 265 g/mol.